The van der Waals surface area contributed by atoms with Gasteiger partial charge < -0.3 is 15.0 Å². The van der Waals surface area contributed by atoms with Gasteiger partial charge in [0.1, 0.15) is 6.10 Å². The van der Waals surface area contributed by atoms with Crippen molar-refractivity contribution in [3.8, 4) is 0 Å². The molecule has 1 fully saturated rings. The lowest BCUT2D eigenvalue weighted by atomic mass is 10.1. The molecule has 1 saturated heterocycles. The van der Waals surface area contributed by atoms with E-state index >= 15 is 0 Å². The molecule has 0 aliphatic carbocycles. The van der Waals surface area contributed by atoms with E-state index in [4.69, 9.17) is 16.3 Å². The minimum Gasteiger partial charge on any atom is -0.370 e. The minimum atomic E-state index is -0.106. The zero-order valence-corrected chi connectivity index (χ0v) is 12.7. The van der Waals surface area contributed by atoms with Gasteiger partial charge in [0.25, 0.3) is 0 Å². The van der Waals surface area contributed by atoms with Gasteiger partial charge in [-0.15, -0.1) is 0 Å². The molecule has 5 heteroatoms. The molecular weight excluding hydrogens is 276 g/mol. The van der Waals surface area contributed by atoms with E-state index in [0.29, 0.717) is 24.7 Å². The van der Waals surface area contributed by atoms with E-state index in [1.165, 1.54) is 0 Å². The van der Waals surface area contributed by atoms with Crippen LogP contribution in [-0.2, 0) is 4.74 Å². The maximum absolute atomic E-state index is 12.1. The van der Waals surface area contributed by atoms with Gasteiger partial charge >= 0.3 is 6.03 Å². The van der Waals surface area contributed by atoms with Crippen molar-refractivity contribution in [1.82, 2.24) is 10.2 Å². The standard InChI is InChI=1S/C15H21ClN2O2/c1-3-11(2)17-15(19)18-7-8-20-14(10-18)12-5-4-6-13(16)9-12/h4-6,9,11,14H,3,7-8,10H2,1-2H3,(H,17,19). The monoisotopic (exact) mass is 296 g/mol. The van der Waals surface area contributed by atoms with Crippen LogP contribution in [0.5, 0.6) is 0 Å². The molecule has 0 radical (unpaired) electrons. The predicted octanol–water partition coefficient (Wildman–Crippen LogP) is 3.22. The van der Waals surface area contributed by atoms with Gasteiger partial charge in [0, 0.05) is 17.6 Å². The van der Waals surface area contributed by atoms with Crippen LogP contribution in [-0.4, -0.2) is 36.7 Å². The highest BCUT2D eigenvalue weighted by Gasteiger charge is 2.25. The number of nitrogens with one attached hydrogen (secondary N) is 1. The molecule has 1 aromatic rings. The SMILES string of the molecule is CCC(C)NC(=O)N1CCOC(c2cccc(Cl)c2)C1. The van der Waals surface area contributed by atoms with Crippen LogP contribution in [0.1, 0.15) is 31.9 Å². The lowest BCUT2D eigenvalue weighted by Crippen LogP contribution is -2.49. The summed E-state index contributed by atoms with van der Waals surface area (Å²) in [6.07, 6.45) is 0.818. The lowest BCUT2D eigenvalue weighted by Gasteiger charge is -2.34. The number of carbonyl (C=O) groups excluding carboxylic acids is 1. The van der Waals surface area contributed by atoms with Gasteiger partial charge in [0.2, 0.25) is 0 Å². The first-order valence-corrected chi connectivity index (χ1v) is 7.40. The van der Waals surface area contributed by atoms with Gasteiger partial charge in [-0.25, -0.2) is 4.79 Å². The molecule has 0 aromatic heterocycles. The van der Waals surface area contributed by atoms with Crippen LogP contribution in [0, 0.1) is 0 Å². The van der Waals surface area contributed by atoms with Gasteiger partial charge in [-0.3, -0.25) is 0 Å². The summed E-state index contributed by atoms with van der Waals surface area (Å²) >= 11 is 6.00. The molecule has 110 valence electrons. The molecule has 4 nitrogen and oxygen atoms in total. The fourth-order valence-electron chi connectivity index (χ4n) is 2.15. The van der Waals surface area contributed by atoms with Crippen molar-refractivity contribution in [2.75, 3.05) is 19.7 Å². The number of amides is 2. The second-order valence-corrected chi connectivity index (χ2v) is 5.56. The lowest BCUT2D eigenvalue weighted by molar-refractivity contribution is -0.0157. The summed E-state index contributed by atoms with van der Waals surface area (Å²) in [7, 11) is 0. The first-order valence-electron chi connectivity index (χ1n) is 7.02. The molecule has 20 heavy (non-hydrogen) atoms. The third-order valence-electron chi connectivity index (χ3n) is 3.56. The maximum atomic E-state index is 12.1. The summed E-state index contributed by atoms with van der Waals surface area (Å²) in [5, 5.41) is 3.68. The van der Waals surface area contributed by atoms with Crippen molar-refractivity contribution in [2.45, 2.75) is 32.4 Å². The van der Waals surface area contributed by atoms with Gasteiger partial charge in [-0.1, -0.05) is 30.7 Å². The fourth-order valence-corrected chi connectivity index (χ4v) is 2.35. The first kappa shape index (κ1) is 15.1. The average molecular weight is 297 g/mol. The molecular formula is C15H21ClN2O2. The van der Waals surface area contributed by atoms with Crippen molar-refractivity contribution < 1.29 is 9.53 Å². The number of urea groups is 1. The summed E-state index contributed by atoms with van der Waals surface area (Å²) < 4.78 is 5.75. The summed E-state index contributed by atoms with van der Waals surface area (Å²) in [5.41, 5.74) is 1.01. The molecule has 1 N–H and O–H groups in total. The molecule has 0 spiro atoms. The van der Waals surface area contributed by atoms with Crippen molar-refractivity contribution in [3.05, 3.63) is 34.9 Å². The number of nitrogens with zero attached hydrogens (tertiary/aromatic N) is 1. The van der Waals surface area contributed by atoms with Crippen molar-refractivity contribution in [1.29, 1.82) is 0 Å². The Labute approximate surface area is 125 Å². The fraction of sp³-hybridized carbons (Fsp3) is 0.533. The second kappa shape index (κ2) is 6.95. The van der Waals surface area contributed by atoms with Crippen LogP contribution < -0.4 is 5.32 Å². The normalized spacial score (nSPS) is 20.6. The van der Waals surface area contributed by atoms with Gasteiger partial charge in [0.15, 0.2) is 0 Å². The van der Waals surface area contributed by atoms with Gasteiger partial charge in [-0.05, 0) is 31.0 Å². The molecule has 1 aromatic carbocycles. The van der Waals surface area contributed by atoms with Crippen LogP contribution in [0.15, 0.2) is 24.3 Å². The summed E-state index contributed by atoms with van der Waals surface area (Å²) in [6, 6.07) is 7.78. The Kier molecular flexibility index (Phi) is 5.26. The van der Waals surface area contributed by atoms with E-state index in [2.05, 4.69) is 12.2 Å². The summed E-state index contributed by atoms with van der Waals surface area (Å²) in [6.45, 7) is 5.79. The topological polar surface area (TPSA) is 41.6 Å². The van der Waals surface area contributed by atoms with E-state index in [1.54, 1.807) is 4.90 Å². The highest BCUT2D eigenvalue weighted by atomic mass is 35.5. The van der Waals surface area contributed by atoms with E-state index in [9.17, 15) is 4.79 Å². The van der Waals surface area contributed by atoms with Crippen LogP contribution in [0.25, 0.3) is 0 Å². The Hall–Kier alpha value is -1.26. The summed E-state index contributed by atoms with van der Waals surface area (Å²) in [5.74, 6) is 0. The number of benzene rings is 1. The average Bonchev–Trinajstić information content (AvgIpc) is 2.47. The largest absolute Gasteiger partial charge is 0.370 e. The number of carbonyl (C=O) groups is 1. The molecule has 1 heterocycles. The molecule has 1 aliphatic rings. The number of hydrogen-bond acceptors (Lipinski definition) is 2. The third-order valence-corrected chi connectivity index (χ3v) is 3.79. The van der Waals surface area contributed by atoms with Crippen LogP contribution >= 0.6 is 11.6 Å². The zero-order chi connectivity index (χ0) is 14.5. The Morgan fingerprint density at radius 1 is 1.60 bits per heavy atom. The third kappa shape index (κ3) is 3.87. The first-order chi connectivity index (χ1) is 9.60. The molecule has 0 bridgehead atoms. The quantitative estimate of drug-likeness (QED) is 0.930. The van der Waals surface area contributed by atoms with Crippen LogP contribution in [0.4, 0.5) is 4.79 Å². The maximum Gasteiger partial charge on any atom is 0.317 e. The number of ether oxygens (including phenoxy) is 1. The second-order valence-electron chi connectivity index (χ2n) is 5.12. The number of hydrogen-bond donors (Lipinski definition) is 1. The number of halogens is 1. The minimum absolute atomic E-state index is 0.0188. The van der Waals surface area contributed by atoms with Crippen LogP contribution in [0.3, 0.4) is 0 Å². The molecule has 2 atom stereocenters. The Balaban J connectivity index is 1.99. The molecule has 0 saturated carbocycles. The Morgan fingerprint density at radius 3 is 3.10 bits per heavy atom. The van der Waals surface area contributed by atoms with Gasteiger partial charge in [0.05, 0.1) is 13.2 Å². The Morgan fingerprint density at radius 2 is 2.40 bits per heavy atom. The molecule has 2 amide bonds. The number of morpholine rings is 1. The Bertz CT molecular complexity index is 467. The smallest absolute Gasteiger partial charge is 0.317 e. The van der Waals surface area contributed by atoms with E-state index in [-0.39, 0.29) is 18.2 Å². The molecule has 2 rings (SSSR count). The zero-order valence-electron chi connectivity index (χ0n) is 11.9. The predicted molar refractivity (Wildman–Crippen MR) is 80.0 cm³/mol. The van der Waals surface area contributed by atoms with Crippen molar-refractivity contribution >= 4 is 17.6 Å². The van der Waals surface area contributed by atoms with E-state index in [0.717, 1.165) is 12.0 Å². The van der Waals surface area contributed by atoms with E-state index < -0.39 is 0 Å². The molecule has 2 unspecified atom stereocenters. The number of rotatable bonds is 3. The summed E-state index contributed by atoms with van der Waals surface area (Å²) in [4.78, 5) is 14.0. The van der Waals surface area contributed by atoms with Crippen molar-refractivity contribution in [2.24, 2.45) is 0 Å². The van der Waals surface area contributed by atoms with E-state index in [1.807, 2.05) is 31.2 Å². The highest BCUT2D eigenvalue weighted by Crippen LogP contribution is 2.24. The van der Waals surface area contributed by atoms with Gasteiger partial charge in [-0.2, -0.15) is 0 Å². The highest BCUT2D eigenvalue weighted by molar-refractivity contribution is 6.30. The molecule has 1 aliphatic heterocycles. The van der Waals surface area contributed by atoms with Crippen molar-refractivity contribution in [3.63, 3.8) is 0 Å². The van der Waals surface area contributed by atoms with Crippen LogP contribution in [0.2, 0.25) is 5.02 Å².